The molecule has 0 bridgehead atoms. The van der Waals surface area contributed by atoms with Gasteiger partial charge in [-0.05, 0) is 38.7 Å². The minimum Gasteiger partial charge on any atom is -0.342 e. The molecule has 2 aliphatic rings. The average Bonchev–Trinajstić information content (AvgIpc) is 2.87. The molecular formula is C29H27N3O2. The monoisotopic (exact) mass is 449 g/mol. The predicted octanol–water partition coefficient (Wildman–Crippen LogP) is 3.75. The van der Waals surface area contributed by atoms with Gasteiger partial charge in [0.1, 0.15) is 12.1 Å². The molecule has 0 aromatic heterocycles. The van der Waals surface area contributed by atoms with Crippen molar-refractivity contribution >= 4 is 33.4 Å². The van der Waals surface area contributed by atoms with E-state index in [9.17, 15) is 9.59 Å². The molecule has 1 N–H and O–H groups in total. The minimum atomic E-state index is -0.512. The van der Waals surface area contributed by atoms with Crippen molar-refractivity contribution in [2.75, 3.05) is 19.6 Å². The highest BCUT2D eigenvalue weighted by Crippen LogP contribution is 2.24. The summed E-state index contributed by atoms with van der Waals surface area (Å²) in [6.45, 7) is 2.68. The van der Waals surface area contributed by atoms with Crippen molar-refractivity contribution in [3.63, 3.8) is 0 Å². The molecule has 0 spiro atoms. The molecular weight excluding hydrogens is 422 g/mol. The van der Waals surface area contributed by atoms with Crippen LogP contribution in [0, 0.1) is 0 Å². The lowest BCUT2D eigenvalue weighted by molar-refractivity contribution is -0.153. The quantitative estimate of drug-likeness (QED) is 0.516. The van der Waals surface area contributed by atoms with Crippen molar-refractivity contribution in [1.82, 2.24) is 15.1 Å². The molecule has 2 unspecified atom stereocenters. The van der Waals surface area contributed by atoms with Crippen LogP contribution in [0.25, 0.3) is 21.5 Å². The maximum absolute atomic E-state index is 13.3. The van der Waals surface area contributed by atoms with Gasteiger partial charge in [0.2, 0.25) is 11.8 Å². The summed E-state index contributed by atoms with van der Waals surface area (Å²) in [6, 6.07) is 28.2. The Morgan fingerprint density at radius 1 is 0.794 bits per heavy atom. The first kappa shape index (κ1) is 20.9. The number of rotatable bonds is 4. The van der Waals surface area contributed by atoms with Gasteiger partial charge in [0, 0.05) is 32.6 Å². The fourth-order valence-corrected chi connectivity index (χ4v) is 5.43. The molecule has 5 heteroatoms. The van der Waals surface area contributed by atoms with Crippen LogP contribution in [0.3, 0.4) is 0 Å². The molecule has 4 aromatic carbocycles. The van der Waals surface area contributed by atoms with Crippen LogP contribution in [0.15, 0.2) is 84.9 Å². The predicted molar refractivity (Wildman–Crippen MR) is 134 cm³/mol. The number of fused-ring (bicyclic) bond motifs is 3. The highest BCUT2D eigenvalue weighted by molar-refractivity contribution is 5.98. The molecule has 2 fully saturated rings. The second-order valence-electron chi connectivity index (χ2n) is 9.37. The lowest BCUT2D eigenvalue weighted by Gasteiger charge is -2.45. The van der Waals surface area contributed by atoms with Crippen LogP contribution in [0.4, 0.5) is 0 Å². The zero-order valence-electron chi connectivity index (χ0n) is 19.0. The summed E-state index contributed by atoms with van der Waals surface area (Å²) in [5.41, 5.74) is 2.31. The van der Waals surface area contributed by atoms with Gasteiger partial charge < -0.3 is 10.2 Å². The zero-order chi connectivity index (χ0) is 23.1. The Labute approximate surface area is 199 Å². The third-order valence-electron chi connectivity index (χ3n) is 7.19. The fraction of sp³-hybridized carbons (Fsp3) is 0.241. The maximum Gasteiger partial charge on any atom is 0.246 e. The Kier molecular flexibility index (Phi) is 5.27. The van der Waals surface area contributed by atoms with E-state index in [2.05, 4.69) is 70.9 Å². The van der Waals surface area contributed by atoms with E-state index in [1.54, 1.807) is 4.90 Å². The molecule has 5 nitrogen and oxygen atoms in total. The van der Waals surface area contributed by atoms with E-state index >= 15 is 0 Å². The SMILES string of the molecule is O=C1NC(Cc2cccc3ccccc23)C(=O)N2CCN(Cc3ccc4ccccc4c3)CC12. The number of amides is 2. The number of carbonyl (C=O) groups is 2. The summed E-state index contributed by atoms with van der Waals surface area (Å²) in [4.78, 5) is 30.5. The van der Waals surface area contributed by atoms with Gasteiger partial charge >= 0.3 is 0 Å². The van der Waals surface area contributed by atoms with Gasteiger partial charge in [-0.25, -0.2) is 0 Å². The van der Waals surface area contributed by atoms with Gasteiger partial charge in [-0.15, -0.1) is 0 Å². The lowest BCUT2D eigenvalue weighted by Crippen LogP contribution is -2.69. The van der Waals surface area contributed by atoms with Gasteiger partial charge in [-0.1, -0.05) is 78.9 Å². The third kappa shape index (κ3) is 3.82. The number of nitrogens with zero attached hydrogens (tertiary/aromatic N) is 2. The molecule has 4 aromatic rings. The third-order valence-corrected chi connectivity index (χ3v) is 7.19. The number of nitrogens with one attached hydrogen (secondary N) is 1. The Balaban J connectivity index is 1.16. The summed E-state index contributed by atoms with van der Waals surface area (Å²) in [7, 11) is 0. The van der Waals surface area contributed by atoms with Gasteiger partial charge in [0.25, 0.3) is 0 Å². The normalized spacial score (nSPS) is 21.0. The second kappa shape index (κ2) is 8.58. The standard InChI is InChI=1S/C29H27N3O2/c33-28-27-19-31(18-20-12-13-21-6-1-2-8-23(21)16-20)14-15-32(27)29(34)26(30-28)17-24-10-5-9-22-7-3-4-11-25(22)24/h1-13,16,26-27H,14-15,17-19H2,(H,30,33). The zero-order valence-corrected chi connectivity index (χ0v) is 19.0. The molecule has 0 aliphatic carbocycles. The first-order chi connectivity index (χ1) is 16.7. The van der Waals surface area contributed by atoms with Crippen LogP contribution in [-0.4, -0.2) is 53.3 Å². The van der Waals surface area contributed by atoms with Gasteiger partial charge in [-0.3, -0.25) is 14.5 Å². The largest absolute Gasteiger partial charge is 0.342 e. The molecule has 34 heavy (non-hydrogen) atoms. The molecule has 0 radical (unpaired) electrons. The number of carbonyl (C=O) groups excluding carboxylic acids is 2. The summed E-state index contributed by atoms with van der Waals surface area (Å²) in [6.07, 6.45) is 0.510. The first-order valence-electron chi connectivity index (χ1n) is 11.9. The van der Waals surface area contributed by atoms with E-state index in [1.165, 1.54) is 16.3 Å². The molecule has 2 atom stereocenters. The molecule has 2 heterocycles. The topological polar surface area (TPSA) is 52.7 Å². The molecule has 2 amide bonds. The van der Waals surface area contributed by atoms with Crippen LogP contribution in [-0.2, 0) is 22.6 Å². The summed E-state index contributed by atoms with van der Waals surface area (Å²) in [5, 5.41) is 7.76. The van der Waals surface area contributed by atoms with Gasteiger partial charge in [-0.2, -0.15) is 0 Å². The number of hydrogen-bond donors (Lipinski definition) is 1. The Hall–Kier alpha value is -3.70. The van der Waals surface area contributed by atoms with Crippen molar-refractivity contribution in [3.05, 3.63) is 96.1 Å². The lowest BCUT2D eigenvalue weighted by atomic mass is 9.95. The van der Waals surface area contributed by atoms with Crippen molar-refractivity contribution in [2.24, 2.45) is 0 Å². The summed E-state index contributed by atoms with van der Waals surface area (Å²) >= 11 is 0. The smallest absolute Gasteiger partial charge is 0.246 e. The molecule has 2 aliphatic heterocycles. The minimum absolute atomic E-state index is 0.0305. The number of piperazine rings is 2. The van der Waals surface area contributed by atoms with Crippen molar-refractivity contribution in [2.45, 2.75) is 25.0 Å². The highest BCUT2D eigenvalue weighted by Gasteiger charge is 2.43. The van der Waals surface area contributed by atoms with Crippen LogP contribution in [0.2, 0.25) is 0 Å². The van der Waals surface area contributed by atoms with Crippen molar-refractivity contribution in [1.29, 1.82) is 0 Å². The molecule has 2 saturated heterocycles. The van der Waals surface area contributed by atoms with Crippen LogP contribution >= 0.6 is 0 Å². The van der Waals surface area contributed by atoms with E-state index < -0.39 is 12.1 Å². The molecule has 0 saturated carbocycles. The van der Waals surface area contributed by atoms with E-state index in [-0.39, 0.29) is 11.8 Å². The van der Waals surface area contributed by atoms with Gasteiger partial charge in [0.05, 0.1) is 0 Å². The van der Waals surface area contributed by atoms with Crippen LogP contribution in [0.5, 0.6) is 0 Å². The fourth-order valence-electron chi connectivity index (χ4n) is 5.43. The Bertz CT molecular complexity index is 1390. The average molecular weight is 450 g/mol. The van der Waals surface area contributed by atoms with E-state index in [1.807, 2.05) is 24.3 Å². The van der Waals surface area contributed by atoms with E-state index in [0.29, 0.717) is 19.5 Å². The summed E-state index contributed by atoms with van der Waals surface area (Å²) < 4.78 is 0. The molecule has 170 valence electrons. The number of benzene rings is 4. The van der Waals surface area contributed by atoms with E-state index in [4.69, 9.17) is 0 Å². The van der Waals surface area contributed by atoms with Gasteiger partial charge in [0.15, 0.2) is 0 Å². The van der Waals surface area contributed by atoms with Crippen molar-refractivity contribution < 1.29 is 9.59 Å². The van der Waals surface area contributed by atoms with Crippen molar-refractivity contribution in [3.8, 4) is 0 Å². The Morgan fingerprint density at radius 2 is 1.56 bits per heavy atom. The van der Waals surface area contributed by atoms with Crippen LogP contribution < -0.4 is 5.32 Å². The highest BCUT2D eigenvalue weighted by atomic mass is 16.2. The second-order valence-corrected chi connectivity index (χ2v) is 9.37. The maximum atomic E-state index is 13.3. The van der Waals surface area contributed by atoms with Crippen LogP contribution in [0.1, 0.15) is 11.1 Å². The van der Waals surface area contributed by atoms with E-state index in [0.717, 1.165) is 29.4 Å². The first-order valence-corrected chi connectivity index (χ1v) is 11.9. The molecule has 6 rings (SSSR count). The Morgan fingerprint density at radius 3 is 2.44 bits per heavy atom. The number of hydrogen-bond acceptors (Lipinski definition) is 3. The summed E-state index contributed by atoms with van der Waals surface area (Å²) in [5.74, 6) is -0.0177.